The van der Waals surface area contributed by atoms with Crippen molar-refractivity contribution in [1.82, 2.24) is 4.90 Å². The third-order valence-electron chi connectivity index (χ3n) is 3.99. The molecule has 0 aromatic heterocycles. The fourth-order valence-electron chi connectivity index (χ4n) is 2.84. The van der Waals surface area contributed by atoms with Crippen molar-refractivity contribution in [1.29, 1.82) is 0 Å². The first-order valence-electron chi connectivity index (χ1n) is 6.74. The Morgan fingerprint density at radius 3 is 2.41 bits per heavy atom. The maximum Gasteiger partial charge on any atom is 0.0346 e. The Bertz CT molecular complexity index is 332. The van der Waals surface area contributed by atoms with Crippen LogP contribution in [0.3, 0.4) is 0 Å². The van der Waals surface area contributed by atoms with Crippen molar-refractivity contribution in [2.45, 2.75) is 38.3 Å². The van der Waals surface area contributed by atoms with Crippen LogP contribution in [0.4, 0.5) is 0 Å². The van der Waals surface area contributed by atoms with E-state index >= 15 is 0 Å². The summed E-state index contributed by atoms with van der Waals surface area (Å²) < 4.78 is 0. The second-order valence-electron chi connectivity index (χ2n) is 5.14. The average molecular weight is 232 g/mol. The van der Waals surface area contributed by atoms with Gasteiger partial charge in [0, 0.05) is 18.6 Å². The number of nitrogens with zero attached hydrogens (tertiary/aromatic N) is 1. The predicted octanol–water partition coefficient (Wildman–Crippen LogP) is 2.81. The highest BCUT2D eigenvalue weighted by atomic mass is 15.2. The number of benzene rings is 1. The molecule has 0 spiro atoms. The van der Waals surface area contributed by atoms with E-state index in [-0.39, 0.29) is 0 Å². The largest absolute Gasteiger partial charge is 0.329 e. The van der Waals surface area contributed by atoms with Crippen LogP contribution >= 0.6 is 0 Å². The molecule has 17 heavy (non-hydrogen) atoms. The smallest absolute Gasteiger partial charge is 0.0346 e. The van der Waals surface area contributed by atoms with Gasteiger partial charge < -0.3 is 5.73 Å². The third kappa shape index (κ3) is 2.88. The Hall–Kier alpha value is -0.860. The minimum atomic E-state index is 0.505. The van der Waals surface area contributed by atoms with E-state index in [0.717, 1.165) is 18.9 Å². The minimum Gasteiger partial charge on any atom is -0.329 e. The zero-order chi connectivity index (χ0) is 12.3. The van der Waals surface area contributed by atoms with E-state index in [4.69, 9.17) is 5.73 Å². The zero-order valence-electron chi connectivity index (χ0n) is 11.0. The quantitative estimate of drug-likeness (QED) is 0.817. The number of hydrogen-bond acceptors (Lipinski definition) is 2. The van der Waals surface area contributed by atoms with Crippen molar-refractivity contribution in [3.8, 4) is 0 Å². The molecule has 2 heteroatoms. The van der Waals surface area contributed by atoms with Crippen molar-refractivity contribution >= 4 is 0 Å². The standard InChI is InChI=1S/C15H24N2/c1-3-14(12-7-5-4-6-8-12)17(2)15(11-16)13-9-10-13/h4-8,13-15H,3,9-11,16H2,1-2H3. The third-order valence-corrected chi connectivity index (χ3v) is 3.99. The topological polar surface area (TPSA) is 29.3 Å². The molecule has 1 aliphatic rings. The van der Waals surface area contributed by atoms with Gasteiger partial charge in [0.25, 0.3) is 0 Å². The van der Waals surface area contributed by atoms with E-state index in [1.807, 2.05) is 0 Å². The first-order valence-corrected chi connectivity index (χ1v) is 6.74. The molecule has 1 aromatic carbocycles. The second kappa shape index (κ2) is 5.65. The number of likely N-dealkylation sites (N-methyl/N-ethyl adjacent to an activating group) is 1. The predicted molar refractivity (Wildman–Crippen MR) is 72.8 cm³/mol. The molecule has 1 aromatic rings. The molecule has 0 amide bonds. The highest BCUT2D eigenvalue weighted by molar-refractivity contribution is 5.19. The lowest BCUT2D eigenvalue weighted by molar-refractivity contribution is 0.155. The van der Waals surface area contributed by atoms with Crippen molar-refractivity contribution in [2.75, 3.05) is 13.6 Å². The molecule has 2 nitrogen and oxygen atoms in total. The Morgan fingerprint density at radius 1 is 1.29 bits per heavy atom. The molecule has 2 atom stereocenters. The van der Waals surface area contributed by atoms with Gasteiger partial charge in [0.2, 0.25) is 0 Å². The molecule has 0 saturated heterocycles. The molecule has 2 rings (SSSR count). The number of rotatable bonds is 6. The maximum atomic E-state index is 5.94. The highest BCUT2D eigenvalue weighted by Gasteiger charge is 2.35. The number of hydrogen-bond donors (Lipinski definition) is 1. The van der Waals surface area contributed by atoms with Gasteiger partial charge in [-0.05, 0) is 37.8 Å². The highest BCUT2D eigenvalue weighted by Crippen LogP contribution is 2.37. The molecule has 1 aliphatic carbocycles. The molecule has 2 N–H and O–H groups in total. The monoisotopic (exact) mass is 232 g/mol. The lowest BCUT2D eigenvalue weighted by Crippen LogP contribution is -2.41. The van der Waals surface area contributed by atoms with Gasteiger partial charge >= 0.3 is 0 Å². The molecule has 0 aliphatic heterocycles. The summed E-state index contributed by atoms with van der Waals surface area (Å²) in [6.45, 7) is 3.04. The van der Waals surface area contributed by atoms with E-state index in [9.17, 15) is 0 Å². The fourth-order valence-corrected chi connectivity index (χ4v) is 2.84. The Kier molecular flexibility index (Phi) is 4.19. The Balaban J connectivity index is 2.11. The summed E-state index contributed by atoms with van der Waals surface area (Å²) in [5.41, 5.74) is 7.36. The lowest BCUT2D eigenvalue weighted by Gasteiger charge is -2.34. The van der Waals surface area contributed by atoms with Crippen LogP contribution in [-0.2, 0) is 0 Å². The normalized spacial score (nSPS) is 19.3. The van der Waals surface area contributed by atoms with Gasteiger partial charge in [0.05, 0.1) is 0 Å². The van der Waals surface area contributed by atoms with Crippen LogP contribution in [0.1, 0.15) is 37.8 Å². The molecule has 94 valence electrons. The summed E-state index contributed by atoms with van der Waals surface area (Å²) in [7, 11) is 2.23. The molecule has 1 saturated carbocycles. The molecule has 0 bridgehead atoms. The van der Waals surface area contributed by atoms with Gasteiger partial charge in [0.1, 0.15) is 0 Å². The summed E-state index contributed by atoms with van der Waals surface area (Å²) in [5, 5.41) is 0. The van der Waals surface area contributed by atoms with Gasteiger partial charge in [0.15, 0.2) is 0 Å². The van der Waals surface area contributed by atoms with Crippen LogP contribution in [0.2, 0.25) is 0 Å². The van der Waals surface area contributed by atoms with Crippen molar-refractivity contribution < 1.29 is 0 Å². The minimum absolute atomic E-state index is 0.505. The summed E-state index contributed by atoms with van der Waals surface area (Å²) in [6, 6.07) is 11.8. The summed E-state index contributed by atoms with van der Waals surface area (Å²) in [4.78, 5) is 2.49. The van der Waals surface area contributed by atoms with Crippen molar-refractivity contribution in [3.63, 3.8) is 0 Å². The Morgan fingerprint density at radius 2 is 1.94 bits per heavy atom. The SMILES string of the molecule is CCC(c1ccccc1)N(C)C(CN)C1CC1. The van der Waals surface area contributed by atoms with E-state index in [1.165, 1.54) is 18.4 Å². The molecular formula is C15H24N2. The maximum absolute atomic E-state index is 5.94. The van der Waals surface area contributed by atoms with Crippen LogP contribution in [0, 0.1) is 5.92 Å². The van der Waals surface area contributed by atoms with Crippen LogP contribution in [0.5, 0.6) is 0 Å². The lowest BCUT2D eigenvalue weighted by atomic mass is 10.00. The first-order chi connectivity index (χ1) is 8.27. The van der Waals surface area contributed by atoms with Gasteiger partial charge in [-0.1, -0.05) is 37.3 Å². The van der Waals surface area contributed by atoms with E-state index in [0.29, 0.717) is 12.1 Å². The molecular weight excluding hydrogens is 208 g/mol. The van der Waals surface area contributed by atoms with Crippen LogP contribution in [0.25, 0.3) is 0 Å². The van der Waals surface area contributed by atoms with Crippen LogP contribution in [0.15, 0.2) is 30.3 Å². The Labute approximate surface area is 105 Å². The molecule has 0 radical (unpaired) electrons. The second-order valence-corrected chi connectivity index (χ2v) is 5.14. The van der Waals surface area contributed by atoms with E-state index < -0.39 is 0 Å². The van der Waals surface area contributed by atoms with Gasteiger partial charge in [-0.2, -0.15) is 0 Å². The van der Waals surface area contributed by atoms with Gasteiger partial charge in [-0.25, -0.2) is 0 Å². The van der Waals surface area contributed by atoms with Crippen LogP contribution in [-0.4, -0.2) is 24.5 Å². The van der Waals surface area contributed by atoms with Gasteiger partial charge in [-0.15, -0.1) is 0 Å². The summed E-state index contributed by atoms with van der Waals surface area (Å²) in [6.07, 6.45) is 3.86. The van der Waals surface area contributed by atoms with E-state index in [2.05, 4.69) is 49.2 Å². The molecule has 1 fully saturated rings. The van der Waals surface area contributed by atoms with Crippen molar-refractivity contribution in [3.05, 3.63) is 35.9 Å². The fraction of sp³-hybridized carbons (Fsp3) is 0.600. The van der Waals surface area contributed by atoms with Crippen molar-refractivity contribution in [2.24, 2.45) is 11.7 Å². The summed E-state index contributed by atoms with van der Waals surface area (Å²) >= 11 is 0. The zero-order valence-corrected chi connectivity index (χ0v) is 11.0. The number of nitrogens with two attached hydrogens (primary N) is 1. The molecule has 0 heterocycles. The first kappa shape index (κ1) is 12.6. The van der Waals surface area contributed by atoms with Crippen LogP contribution < -0.4 is 5.73 Å². The van der Waals surface area contributed by atoms with Gasteiger partial charge in [-0.3, -0.25) is 4.90 Å². The molecule has 2 unspecified atom stereocenters. The average Bonchev–Trinajstić information content (AvgIpc) is 3.17. The van der Waals surface area contributed by atoms with E-state index in [1.54, 1.807) is 0 Å². The summed E-state index contributed by atoms with van der Waals surface area (Å²) in [5.74, 6) is 0.836.